The van der Waals surface area contributed by atoms with Gasteiger partial charge in [0.15, 0.2) is 0 Å². The molecule has 0 amide bonds. The van der Waals surface area contributed by atoms with E-state index in [0.717, 1.165) is 22.1 Å². The van der Waals surface area contributed by atoms with Gasteiger partial charge in [0.25, 0.3) is 0 Å². The molecular formula is C15H20ClNO2S2. The molecule has 0 saturated heterocycles. The minimum absolute atomic E-state index is 0.102. The number of nitrogens with one attached hydrogen (secondary N) is 1. The van der Waals surface area contributed by atoms with Crippen LogP contribution < -0.4 is 4.72 Å². The maximum Gasteiger partial charge on any atom is 0.250 e. The first-order chi connectivity index (χ1) is 9.60. The molecule has 1 N–H and O–H groups in total. The predicted octanol–water partition coefficient (Wildman–Crippen LogP) is 4.58. The summed E-state index contributed by atoms with van der Waals surface area (Å²) in [4.78, 5) is 0. The van der Waals surface area contributed by atoms with Crippen molar-refractivity contribution in [2.75, 3.05) is 6.54 Å². The van der Waals surface area contributed by atoms with E-state index >= 15 is 0 Å². The van der Waals surface area contributed by atoms with E-state index in [9.17, 15) is 8.42 Å². The Morgan fingerprint density at radius 3 is 2.57 bits per heavy atom. The van der Waals surface area contributed by atoms with E-state index in [4.69, 9.17) is 11.6 Å². The monoisotopic (exact) mass is 345 g/mol. The molecule has 2 rings (SSSR count). The maximum absolute atomic E-state index is 12.5. The van der Waals surface area contributed by atoms with Crippen molar-refractivity contribution in [1.29, 1.82) is 0 Å². The summed E-state index contributed by atoms with van der Waals surface area (Å²) >= 11 is 7.28. The van der Waals surface area contributed by atoms with E-state index in [2.05, 4.69) is 25.5 Å². The average molecular weight is 346 g/mol. The quantitative estimate of drug-likeness (QED) is 0.881. The number of thiophene rings is 1. The van der Waals surface area contributed by atoms with Gasteiger partial charge in [0.05, 0.1) is 0 Å². The van der Waals surface area contributed by atoms with Gasteiger partial charge in [-0.1, -0.05) is 32.4 Å². The average Bonchev–Trinajstić information content (AvgIpc) is 2.65. The molecule has 3 nitrogen and oxygen atoms in total. The Bertz CT molecular complexity index is 758. The summed E-state index contributed by atoms with van der Waals surface area (Å²) in [6, 6.07) is 5.46. The number of rotatable bonds is 4. The Morgan fingerprint density at radius 1 is 1.29 bits per heavy atom. The van der Waals surface area contributed by atoms with E-state index in [-0.39, 0.29) is 5.41 Å². The molecule has 0 spiro atoms. The highest BCUT2D eigenvalue weighted by Gasteiger charge is 2.22. The van der Waals surface area contributed by atoms with Gasteiger partial charge in [-0.05, 0) is 47.9 Å². The molecule has 0 aliphatic rings. The second kappa shape index (κ2) is 5.88. The third-order valence-corrected chi connectivity index (χ3v) is 6.85. The number of aryl methyl sites for hydroxylation is 1. The standard InChI is InChI=1S/C15H20ClNO2S2/c1-10-12-9-11(16)5-6-13(12)20-14(10)21(18,19)17-8-7-15(2,3)4/h5-6,9,17H,7-8H2,1-4H3. The molecule has 1 aromatic carbocycles. The van der Waals surface area contributed by atoms with E-state index in [0.29, 0.717) is 15.8 Å². The van der Waals surface area contributed by atoms with Crippen molar-refractivity contribution in [3.05, 3.63) is 28.8 Å². The van der Waals surface area contributed by atoms with Crippen molar-refractivity contribution in [2.45, 2.75) is 38.3 Å². The fraction of sp³-hybridized carbons (Fsp3) is 0.467. The number of fused-ring (bicyclic) bond motifs is 1. The minimum Gasteiger partial charge on any atom is -0.210 e. The lowest BCUT2D eigenvalue weighted by atomic mass is 9.93. The molecule has 0 atom stereocenters. The van der Waals surface area contributed by atoms with E-state index < -0.39 is 10.0 Å². The van der Waals surface area contributed by atoms with Crippen LogP contribution in [0.25, 0.3) is 10.1 Å². The summed E-state index contributed by atoms with van der Waals surface area (Å²) in [5.41, 5.74) is 0.867. The molecule has 6 heteroatoms. The number of sulfonamides is 1. The third kappa shape index (κ3) is 3.97. The van der Waals surface area contributed by atoms with Gasteiger partial charge < -0.3 is 0 Å². The smallest absolute Gasteiger partial charge is 0.210 e. The van der Waals surface area contributed by atoms with Crippen LogP contribution in [0.15, 0.2) is 22.4 Å². The molecule has 0 fully saturated rings. The van der Waals surface area contributed by atoms with Crippen LogP contribution in [0.5, 0.6) is 0 Å². The summed E-state index contributed by atoms with van der Waals surface area (Å²) in [5, 5.41) is 1.52. The van der Waals surface area contributed by atoms with Crippen LogP contribution in [0.2, 0.25) is 5.02 Å². The first kappa shape index (κ1) is 16.7. The van der Waals surface area contributed by atoms with Crippen molar-refractivity contribution in [1.82, 2.24) is 4.72 Å². The fourth-order valence-electron chi connectivity index (χ4n) is 2.05. The van der Waals surface area contributed by atoms with E-state index in [1.165, 1.54) is 11.3 Å². The largest absolute Gasteiger partial charge is 0.250 e. The topological polar surface area (TPSA) is 46.2 Å². The number of benzene rings is 1. The Balaban J connectivity index is 2.30. The zero-order valence-electron chi connectivity index (χ0n) is 12.7. The van der Waals surface area contributed by atoms with Crippen LogP contribution in [0.1, 0.15) is 32.8 Å². The van der Waals surface area contributed by atoms with Gasteiger partial charge in [-0.3, -0.25) is 0 Å². The molecule has 0 radical (unpaired) electrons. The van der Waals surface area contributed by atoms with Gasteiger partial charge in [0.2, 0.25) is 10.0 Å². The van der Waals surface area contributed by atoms with Gasteiger partial charge in [0, 0.05) is 16.3 Å². The second-order valence-electron chi connectivity index (χ2n) is 6.36. The van der Waals surface area contributed by atoms with E-state index in [1.54, 1.807) is 6.07 Å². The van der Waals surface area contributed by atoms with Crippen molar-refractivity contribution in [3.8, 4) is 0 Å². The summed E-state index contributed by atoms with van der Waals surface area (Å²) in [6.45, 7) is 8.55. The van der Waals surface area contributed by atoms with Crippen molar-refractivity contribution < 1.29 is 8.42 Å². The number of hydrogen-bond donors (Lipinski definition) is 1. The summed E-state index contributed by atoms with van der Waals surface area (Å²) in [7, 11) is -3.46. The molecule has 1 heterocycles. The zero-order valence-corrected chi connectivity index (χ0v) is 15.0. The van der Waals surface area contributed by atoms with Crippen molar-refractivity contribution in [3.63, 3.8) is 0 Å². The molecule has 0 aliphatic heterocycles. The Labute approximate surface area is 135 Å². The van der Waals surface area contributed by atoms with Crippen molar-refractivity contribution >= 4 is 43.0 Å². The summed E-state index contributed by atoms with van der Waals surface area (Å²) < 4.78 is 28.9. The lowest BCUT2D eigenvalue weighted by Gasteiger charge is -2.17. The molecule has 0 unspecified atom stereocenters. The molecule has 0 bridgehead atoms. The van der Waals surface area contributed by atoms with Gasteiger partial charge >= 0.3 is 0 Å². The third-order valence-electron chi connectivity index (χ3n) is 3.27. The van der Waals surface area contributed by atoms with Crippen LogP contribution in [-0.2, 0) is 10.0 Å². The van der Waals surface area contributed by atoms with Gasteiger partial charge in [-0.25, -0.2) is 13.1 Å². The molecule has 2 aromatic rings. The van der Waals surface area contributed by atoms with Gasteiger partial charge in [-0.2, -0.15) is 0 Å². The SMILES string of the molecule is Cc1c(S(=O)(=O)NCCC(C)(C)C)sc2ccc(Cl)cc12. The maximum atomic E-state index is 12.5. The van der Waals surface area contributed by atoms with Crippen LogP contribution >= 0.6 is 22.9 Å². The van der Waals surface area contributed by atoms with Crippen LogP contribution in [0.4, 0.5) is 0 Å². The lowest BCUT2D eigenvalue weighted by molar-refractivity contribution is 0.378. The molecule has 0 saturated carbocycles. The molecular weight excluding hydrogens is 326 g/mol. The number of halogens is 1. The highest BCUT2D eigenvalue weighted by molar-refractivity contribution is 7.91. The first-order valence-corrected chi connectivity index (χ1v) is 9.46. The van der Waals surface area contributed by atoms with Gasteiger partial charge in [0.1, 0.15) is 4.21 Å². The Kier molecular flexibility index (Phi) is 4.69. The zero-order chi connectivity index (χ0) is 15.8. The normalized spacial score (nSPS) is 13.0. The van der Waals surface area contributed by atoms with E-state index in [1.807, 2.05) is 19.1 Å². The van der Waals surface area contributed by atoms with Crippen LogP contribution in [-0.4, -0.2) is 15.0 Å². The van der Waals surface area contributed by atoms with Crippen molar-refractivity contribution in [2.24, 2.45) is 5.41 Å². The lowest BCUT2D eigenvalue weighted by Crippen LogP contribution is -2.27. The summed E-state index contributed by atoms with van der Waals surface area (Å²) in [5.74, 6) is 0. The van der Waals surface area contributed by atoms with Crippen LogP contribution in [0.3, 0.4) is 0 Å². The number of hydrogen-bond acceptors (Lipinski definition) is 3. The highest BCUT2D eigenvalue weighted by atomic mass is 35.5. The fourth-order valence-corrected chi connectivity index (χ4v) is 5.05. The van der Waals surface area contributed by atoms with Crippen LogP contribution in [0, 0.1) is 12.3 Å². The molecule has 1 aromatic heterocycles. The molecule has 116 valence electrons. The minimum atomic E-state index is -3.46. The Morgan fingerprint density at radius 2 is 1.95 bits per heavy atom. The predicted molar refractivity (Wildman–Crippen MR) is 90.8 cm³/mol. The first-order valence-electron chi connectivity index (χ1n) is 6.78. The highest BCUT2D eigenvalue weighted by Crippen LogP contribution is 2.35. The summed E-state index contributed by atoms with van der Waals surface area (Å²) in [6.07, 6.45) is 0.794. The Hall–Kier alpha value is -0.620. The molecule has 21 heavy (non-hydrogen) atoms. The van der Waals surface area contributed by atoms with Gasteiger partial charge in [-0.15, -0.1) is 11.3 Å². The second-order valence-corrected chi connectivity index (χ2v) is 9.81. The molecule has 0 aliphatic carbocycles.